The summed E-state index contributed by atoms with van der Waals surface area (Å²) in [6.07, 6.45) is 3.90. The van der Waals surface area contributed by atoms with Crippen molar-refractivity contribution in [3.63, 3.8) is 0 Å². The van der Waals surface area contributed by atoms with E-state index in [9.17, 15) is 9.59 Å². The first-order chi connectivity index (χ1) is 12.7. The number of benzene rings is 2. The molecule has 0 amide bonds. The second-order valence-corrected chi connectivity index (χ2v) is 9.30. The summed E-state index contributed by atoms with van der Waals surface area (Å²) in [5, 5.41) is 1.21. The summed E-state index contributed by atoms with van der Waals surface area (Å²) < 4.78 is 4.58. The van der Waals surface area contributed by atoms with E-state index in [2.05, 4.69) is 35.0 Å². The van der Waals surface area contributed by atoms with E-state index in [4.69, 9.17) is 0 Å². The molecule has 26 heavy (non-hydrogen) atoms. The van der Waals surface area contributed by atoms with Gasteiger partial charge in [-0.2, -0.15) is 0 Å². The third kappa shape index (κ3) is 2.34. The van der Waals surface area contributed by atoms with Crippen molar-refractivity contribution in [1.82, 2.24) is 4.57 Å². The topological polar surface area (TPSA) is 39.1 Å². The number of aromatic nitrogens is 1. The van der Waals surface area contributed by atoms with Crippen molar-refractivity contribution in [2.24, 2.45) is 0 Å². The Kier molecular flexibility index (Phi) is 3.56. The van der Waals surface area contributed by atoms with Gasteiger partial charge in [0.25, 0.3) is 0 Å². The number of allylic oxidation sites excluding steroid dienone is 1. The number of fused-ring (bicyclic) bond motifs is 2. The quantitative estimate of drug-likeness (QED) is 0.261. The average Bonchev–Trinajstić information content (AvgIpc) is 3.36. The summed E-state index contributed by atoms with van der Waals surface area (Å²) in [7, 11) is 0. The van der Waals surface area contributed by atoms with Gasteiger partial charge in [-0.3, -0.25) is 0 Å². The standard InChI is InChI=1S/C22H13NO2Te/c24-21-16-6-2-3-7-17(16)22(25)18(21)13-15-9-10-20(26-15)23-12-11-14-5-1-4-8-19(14)23/h1-13H. The molecule has 0 aliphatic heterocycles. The molecule has 1 aliphatic rings. The van der Waals surface area contributed by atoms with Gasteiger partial charge in [0.05, 0.1) is 0 Å². The zero-order valence-corrected chi connectivity index (χ0v) is 16.0. The van der Waals surface area contributed by atoms with Crippen LogP contribution in [-0.4, -0.2) is 36.6 Å². The van der Waals surface area contributed by atoms with Gasteiger partial charge in [-0.05, 0) is 0 Å². The first-order valence-electron chi connectivity index (χ1n) is 8.29. The Morgan fingerprint density at radius 2 is 1.46 bits per heavy atom. The molecular formula is C22H13NO2Te. The molecular weight excluding hydrogens is 438 g/mol. The zero-order chi connectivity index (χ0) is 17.7. The number of carbonyl (C=O) groups excluding carboxylic acids is 2. The maximum atomic E-state index is 12.6. The minimum atomic E-state index is -0.654. The van der Waals surface area contributed by atoms with Gasteiger partial charge in [0.2, 0.25) is 0 Å². The van der Waals surface area contributed by atoms with Gasteiger partial charge >= 0.3 is 160 Å². The first-order valence-corrected chi connectivity index (χ1v) is 10.6. The van der Waals surface area contributed by atoms with Crippen LogP contribution in [0.3, 0.4) is 0 Å². The molecule has 2 aromatic carbocycles. The average molecular weight is 451 g/mol. The number of Topliss-reactive ketones (excluding diaryl/α,β-unsaturated/α-hetero) is 2. The maximum absolute atomic E-state index is 12.6. The number of para-hydroxylation sites is 1. The molecule has 5 rings (SSSR count). The number of hydrogen-bond acceptors (Lipinski definition) is 2. The molecule has 4 heteroatoms. The Morgan fingerprint density at radius 3 is 2.23 bits per heavy atom. The minimum absolute atomic E-state index is 0.154. The molecule has 0 atom stereocenters. The normalized spacial score (nSPS) is 13.5. The molecule has 0 fully saturated rings. The summed E-state index contributed by atoms with van der Waals surface area (Å²) in [6, 6.07) is 21.6. The van der Waals surface area contributed by atoms with Crippen molar-refractivity contribution in [3.05, 3.63) is 93.2 Å². The van der Waals surface area contributed by atoms with E-state index in [-0.39, 0.29) is 11.6 Å². The molecule has 1 aliphatic carbocycles. The number of nitrogens with zero attached hydrogens (tertiary/aromatic N) is 1. The molecule has 124 valence electrons. The molecule has 0 radical (unpaired) electrons. The summed E-state index contributed by atoms with van der Waals surface area (Å²) in [5.74, 6) is -0.308. The van der Waals surface area contributed by atoms with Crippen LogP contribution in [0.5, 0.6) is 0 Å². The zero-order valence-electron chi connectivity index (χ0n) is 13.7. The second kappa shape index (κ2) is 5.95. The van der Waals surface area contributed by atoms with Crippen molar-refractivity contribution in [3.8, 4) is 3.70 Å². The molecule has 4 aromatic rings. The monoisotopic (exact) mass is 453 g/mol. The van der Waals surface area contributed by atoms with Gasteiger partial charge in [-0.15, -0.1) is 0 Å². The van der Waals surface area contributed by atoms with Gasteiger partial charge in [0.1, 0.15) is 0 Å². The summed E-state index contributed by atoms with van der Waals surface area (Å²) in [6.45, 7) is 0. The van der Waals surface area contributed by atoms with Crippen molar-refractivity contribution in [1.29, 1.82) is 0 Å². The Morgan fingerprint density at radius 1 is 0.769 bits per heavy atom. The molecule has 0 N–H and O–H groups in total. The summed E-state index contributed by atoms with van der Waals surface area (Å²) in [5.41, 5.74) is 2.53. The molecule has 2 heterocycles. The summed E-state index contributed by atoms with van der Waals surface area (Å²) >= 11 is -0.654. The molecule has 0 unspecified atom stereocenters. The molecule has 0 saturated heterocycles. The van der Waals surface area contributed by atoms with Gasteiger partial charge in [0, 0.05) is 0 Å². The van der Waals surface area contributed by atoms with Crippen LogP contribution in [0.15, 0.2) is 78.5 Å². The number of ketones is 2. The molecule has 2 aromatic heterocycles. The van der Waals surface area contributed by atoms with Crippen molar-refractivity contribution in [2.75, 3.05) is 0 Å². The first kappa shape index (κ1) is 15.6. The Hall–Kier alpha value is -2.67. The number of carbonyl (C=O) groups is 2. The van der Waals surface area contributed by atoms with E-state index in [1.165, 1.54) is 14.6 Å². The van der Waals surface area contributed by atoms with Crippen LogP contribution in [0.1, 0.15) is 24.3 Å². The SMILES string of the molecule is O=C1C(=Cc2ccc(-n3ccc4ccccc43)[te]2)C(=O)c2ccccc21. The Bertz CT molecular complexity index is 1190. The van der Waals surface area contributed by atoms with Gasteiger partial charge in [0.15, 0.2) is 0 Å². The summed E-state index contributed by atoms with van der Waals surface area (Å²) in [4.78, 5) is 25.1. The van der Waals surface area contributed by atoms with E-state index in [0.29, 0.717) is 16.7 Å². The van der Waals surface area contributed by atoms with Crippen LogP contribution >= 0.6 is 0 Å². The van der Waals surface area contributed by atoms with E-state index < -0.39 is 20.4 Å². The fourth-order valence-corrected chi connectivity index (χ4v) is 6.08. The van der Waals surface area contributed by atoms with E-state index in [1.807, 2.05) is 24.3 Å². The third-order valence-corrected chi connectivity index (χ3v) is 7.59. The van der Waals surface area contributed by atoms with E-state index in [0.717, 1.165) is 3.58 Å². The van der Waals surface area contributed by atoms with E-state index >= 15 is 0 Å². The van der Waals surface area contributed by atoms with Gasteiger partial charge in [-0.25, -0.2) is 0 Å². The predicted molar refractivity (Wildman–Crippen MR) is 103 cm³/mol. The van der Waals surface area contributed by atoms with Crippen LogP contribution in [-0.2, 0) is 0 Å². The second-order valence-electron chi connectivity index (χ2n) is 6.18. The molecule has 0 saturated carbocycles. The van der Waals surface area contributed by atoms with Gasteiger partial charge < -0.3 is 0 Å². The molecule has 3 nitrogen and oxygen atoms in total. The van der Waals surface area contributed by atoms with Gasteiger partial charge in [-0.1, -0.05) is 0 Å². The third-order valence-electron chi connectivity index (χ3n) is 4.64. The van der Waals surface area contributed by atoms with Crippen LogP contribution in [0.4, 0.5) is 0 Å². The fraction of sp³-hybridized carbons (Fsp3) is 0. The van der Waals surface area contributed by atoms with E-state index in [1.54, 1.807) is 24.3 Å². The molecule has 0 bridgehead atoms. The fourth-order valence-electron chi connectivity index (χ4n) is 3.37. The molecule has 0 spiro atoms. The van der Waals surface area contributed by atoms with Crippen molar-refractivity contribution >= 4 is 49.0 Å². The van der Waals surface area contributed by atoms with Crippen LogP contribution in [0.2, 0.25) is 0 Å². The van der Waals surface area contributed by atoms with Crippen LogP contribution in [0.25, 0.3) is 20.7 Å². The Labute approximate surface area is 159 Å². The van der Waals surface area contributed by atoms with Crippen molar-refractivity contribution < 1.29 is 9.59 Å². The Balaban J connectivity index is 1.55. The predicted octanol–water partition coefficient (Wildman–Crippen LogP) is 4.15. The van der Waals surface area contributed by atoms with Crippen LogP contribution in [0, 0.1) is 0 Å². The van der Waals surface area contributed by atoms with Crippen molar-refractivity contribution in [2.45, 2.75) is 0 Å². The number of rotatable bonds is 2. The number of hydrogen-bond donors (Lipinski definition) is 0. The van der Waals surface area contributed by atoms with Crippen LogP contribution < -0.4 is 0 Å².